The number of rotatable bonds is 9. The molecule has 0 radical (unpaired) electrons. The van der Waals surface area contributed by atoms with E-state index in [9.17, 15) is 4.79 Å². The van der Waals surface area contributed by atoms with Crippen molar-refractivity contribution in [2.75, 3.05) is 20.3 Å². The van der Waals surface area contributed by atoms with Crippen LogP contribution in [0, 0.1) is 0 Å². The number of methoxy groups -OCH3 is 1. The van der Waals surface area contributed by atoms with E-state index in [2.05, 4.69) is 4.98 Å². The Morgan fingerprint density at radius 2 is 1.86 bits per heavy atom. The molecule has 0 aliphatic carbocycles. The molecular formula is C22H20ClNO5. The van der Waals surface area contributed by atoms with Gasteiger partial charge in [0.25, 0.3) is 0 Å². The van der Waals surface area contributed by atoms with E-state index in [4.69, 9.17) is 30.5 Å². The number of hydrogen-bond acceptors (Lipinski definition) is 6. The summed E-state index contributed by atoms with van der Waals surface area (Å²) in [5.74, 6) is 1.08. The van der Waals surface area contributed by atoms with Gasteiger partial charge in [0.1, 0.15) is 25.6 Å². The largest absolute Gasteiger partial charge is 0.493 e. The van der Waals surface area contributed by atoms with Gasteiger partial charge < -0.3 is 18.9 Å². The van der Waals surface area contributed by atoms with Crippen LogP contribution in [0.1, 0.15) is 16.1 Å². The zero-order chi connectivity index (χ0) is 20.5. The number of ether oxygens (including phenoxy) is 4. The van der Waals surface area contributed by atoms with Crippen molar-refractivity contribution in [1.29, 1.82) is 0 Å². The molecule has 150 valence electrons. The molecule has 0 saturated heterocycles. The third-order valence-corrected chi connectivity index (χ3v) is 4.12. The van der Waals surface area contributed by atoms with Crippen LogP contribution >= 0.6 is 11.6 Å². The van der Waals surface area contributed by atoms with Crippen molar-refractivity contribution in [3.05, 3.63) is 83.1 Å². The molecule has 0 aliphatic heterocycles. The minimum absolute atomic E-state index is 0.0987. The first-order valence-corrected chi connectivity index (χ1v) is 9.30. The molecule has 0 amide bonds. The average Bonchev–Trinajstić information content (AvgIpc) is 2.75. The van der Waals surface area contributed by atoms with E-state index in [0.29, 0.717) is 27.8 Å². The van der Waals surface area contributed by atoms with Gasteiger partial charge in [-0.15, -0.1) is 0 Å². The maximum Gasteiger partial charge on any atom is 0.338 e. The van der Waals surface area contributed by atoms with Gasteiger partial charge in [-0.2, -0.15) is 0 Å². The smallest absolute Gasteiger partial charge is 0.338 e. The Kier molecular flexibility index (Phi) is 7.30. The van der Waals surface area contributed by atoms with Crippen molar-refractivity contribution >= 4 is 17.6 Å². The lowest BCUT2D eigenvalue weighted by Crippen LogP contribution is -2.12. The molecule has 0 atom stereocenters. The highest BCUT2D eigenvalue weighted by Gasteiger charge is 2.13. The molecule has 3 rings (SSSR count). The second-order valence-electron chi connectivity index (χ2n) is 5.92. The summed E-state index contributed by atoms with van der Waals surface area (Å²) in [6.45, 7) is 0.565. The summed E-state index contributed by atoms with van der Waals surface area (Å²) < 4.78 is 21.8. The Morgan fingerprint density at radius 3 is 2.62 bits per heavy atom. The van der Waals surface area contributed by atoms with Gasteiger partial charge in [0, 0.05) is 11.2 Å². The number of hydrogen-bond donors (Lipinski definition) is 0. The lowest BCUT2D eigenvalue weighted by molar-refractivity contribution is 0.0450. The van der Waals surface area contributed by atoms with Gasteiger partial charge in [-0.25, -0.2) is 4.79 Å². The first kappa shape index (κ1) is 20.5. The fraction of sp³-hybridized carbons (Fsp3) is 0.182. The lowest BCUT2D eigenvalue weighted by atomic mass is 10.2. The summed E-state index contributed by atoms with van der Waals surface area (Å²) in [7, 11) is 1.54. The number of carbonyl (C=O) groups excluding carboxylic acids is 1. The van der Waals surface area contributed by atoms with Crippen LogP contribution in [0.2, 0.25) is 5.02 Å². The van der Waals surface area contributed by atoms with Crippen LogP contribution in [-0.4, -0.2) is 31.3 Å². The second-order valence-corrected chi connectivity index (χ2v) is 6.35. The maximum atomic E-state index is 12.3. The van der Waals surface area contributed by atoms with Crippen molar-refractivity contribution < 1.29 is 23.7 Å². The topological polar surface area (TPSA) is 66.9 Å². The molecular weight excluding hydrogens is 394 g/mol. The normalized spacial score (nSPS) is 10.3. The number of aromatic nitrogens is 1. The predicted octanol–water partition coefficient (Wildman–Crippen LogP) is 4.56. The van der Waals surface area contributed by atoms with Gasteiger partial charge in [-0.1, -0.05) is 23.7 Å². The number of halogens is 1. The lowest BCUT2D eigenvalue weighted by Gasteiger charge is -2.12. The van der Waals surface area contributed by atoms with Gasteiger partial charge in [0.05, 0.1) is 18.4 Å². The van der Waals surface area contributed by atoms with Crippen molar-refractivity contribution in [1.82, 2.24) is 4.98 Å². The van der Waals surface area contributed by atoms with E-state index in [1.165, 1.54) is 7.11 Å². The molecule has 0 aliphatic rings. The van der Waals surface area contributed by atoms with Crippen molar-refractivity contribution in [2.45, 2.75) is 6.61 Å². The number of esters is 1. The minimum atomic E-state index is -0.481. The van der Waals surface area contributed by atoms with Crippen LogP contribution in [0.15, 0.2) is 66.9 Å². The van der Waals surface area contributed by atoms with Gasteiger partial charge in [-0.05, 0) is 48.5 Å². The third kappa shape index (κ3) is 6.12. The van der Waals surface area contributed by atoms with Gasteiger partial charge in [0.15, 0.2) is 11.5 Å². The van der Waals surface area contributed by atoms with Crippen LogP contribution in [0.5, 0.6) is 17.2 Å². The highest BCUT2D eigenvalue weighted by molar-refractivity contribution is 6.30. The van der Waals surface area contributed by atoms with E-state index < -0.39 is 5.97 Å². The predicted molar refractivity (Wildman–Crippen MR) is 109 cm³/mol. The molecule has 1 heterocycles. The number of pyridine rings is 1. The monoisotopic (exact) mass is 413 g/mol. The van der Waals surface area contributed by atoms with Crippen LogP contribution in [-0.2, 0) is 11.3 Å². The molecule has 1 aromatic heterocycles. The number of carbonyl (C=O) groups is 1. The summed E-state index contributed by atoms with van der Waals surface area (Å²) in [4.78, 5) is 16.5. The van der Waals surface area contributed by atoms with E-state index in [1.807, 2.05) is 18.2 Å². The summed E-state index contributed by atoms with van der Waals surface area (Å²) in [5.41, 5.74) is 1.12. The average molecular weight is 414 g/mol. The first-order chi connectivity index (χ1) is 14.2. The number of benzene rings is 2. The molecule has 0 N–H and O–H groups in total. The van der Waals surface area contributed by atoms with Gasteiger partial charge in [-0.3, -0.25) is 4.98 Å². The highest BCUT2D eigenvalue weighted by Crippen LogP contribution is 2.29. The van der Waals surface area contributed by atoms with Crippen LogP contribution in [0.25, 0.3) is 0 Å². The van der Waals surface area contributed by atoms with Crippen molar-refractivity contribution in [3.63, 3.8) is 0 Å². The molecule has 0 fully saturated rings. The molecule has 6 nitrogen and oxygen atoms in total. The molecule has 2 aromatic carbocycles. The molecule has 0 spiro atoms. The first-order valence-electron chi connectivity index (χ1n) is 8.92. The van der Waals surface area contributed by atoms with Gasteiger partial charge in [0.2, 0.25) is 0 Å². The molecule has 29 heavy (non-hydrogen) atoms. The SMILES string of the molecule is COc1ccc(C(=O)OCCOc2cccc(Cl)c2)cc1OCc1ccccn1. The summed E-state index contributed by atoms with van der Waals surface area (Å²) in [6, 6.07) is 17.4. The van der Waals surface area contributed by atoms with Crippen molar-refractivity contribution in [2.24, 2.45) is 0 Å². The quantitative estimate of drug-likeness (QED) is 0.378. The molecule has 0 unspecified atom stereocenters. The Bertz CT molecular complexity index is 949. The third-order valence-electron chi connectivity index (χ3n) is 3.88. The van der Waals surface area contributed by atoms with E-state index in [0.717, 1.165) is 5.69 Å². The Hall–Kier alpha value is -3.25. The molecule has 3 aromatic rings. The fourth-order valence-electron chi connectivity index (χ4n) is 2.49. The fourth-order valence-corrected chi connectivity index (χ4v) is 2.67. The second kappa shape index (κ2) is 10.3. The molecule has 0 bridgehead atoms. The van der Waals surface area contributed by atoms with Crippen LogP contribution in [0.4, 0.5) is 0 Å². The Morgan fingerprint density at radius 1 is 0.966 bits per heavy atom. The highest BCUT2D eigenvalue weighted by atomic mass is 35.5. The van der Waals surface area contributed by atoms with Crippen molar-refractivity contribution in [3.8, 4) is 17.2 Å². The van der Waals surface area contributed by atoms with E-state index in [-0.39, 0.29) is 19.8 Å². The summed E-state index contributed by atoms with van der Waals surface area (Å²) >= 11 is 5.90. The minimum Gasteiger partial charge on any atom is -0.493 e. The van der Waals surface area contributed by atoms with Crippen LogP contribution < -0.4 is 14.2 Å². The standard InChI is InChI=1S/C22H20ClNO5/c1-26-20-9-8-16(13-21(20)29-15-18-6-2-3-10-24-18)22(25)28-12-11-27-19-7-4-5-17(23)14-19/h2-10,13-14H,11-12,15H2,1H3. The summed E-state index contributed by atoms with van der Waals surface area (Å²) in [6.07, 6.45) is 1.69. The number of nitrogens with zero attached hydrogens (tertiary/aromatic N) is 1. The Labute approximate surface area is 174 Å². The summed E-state index contributed by atoms with van der Waals surface area (Å²) in [5, 5.41) is 0.580. The zero-order valence-electron chi connectivity index (χ0n) is 15.8. The van der Waals surface area contributed by atoms with E-state index in [1.54, 1.807) is 48.7 Å². The van der Waals surface area contributed by atoms with E-state index >= 15 is 0 Å². The molecule has 0 saturated carbocycles. The maximum absolute atomic E-state index is 12.3. The Balaban J connectivity index is 1.55. The van der Waals surface area contributed by atoms with Gasteiger partial charge >= 0.3 is 5.97 Å². The van der Waals surface area contributed by atoms with Crippen LogP contribution in [0.3, 0.4) is 0 Å². The zero-order valence-corrected chi connectivity index (χ0v) is 16.6. The molecule has 7 heteroatoms.